The maximum Gasteiger partial charge on any atom is 0.248 e. The molecule has 0 fully saturated rings. The molecular weight excluding hydrogens is 1150 g/mol. The molecule has 79 heavy (non-hydrogen) atoms. The number of sulfonamides is 3. The molecule has 0 amide bonds. The second kappa shape index (κ2) is 26.2. The molecule has 0 spiro atoms. The lowest BCUT2D eigenvalue weighted by Gasteiger charge is -2.25. The zero-order valence-corrected chi connectivity index (χ0v) is 45.3. The lowest BCUT2D eigenvalue weighted by Crippen LogP contribution is -2.40. The number of fused-ring (bicyclic) bond motifs is 2. The first-order valence-corrected chi connectivity index (χ1v) is 28.7. The van der Waals surface area contributed by atoms with Crippen LogP contribution in [0.15, 0.2) is 109 Å². The number of aliphatic hydroxyl groups excluding tert-OH is 1. The van der Waals surface area contributed by atoms with Crippen molar-refractivity contribution in [2.45, 2.75) is 47.5 Å². The van der Waals surface area contributed by atoms with Crippen molar-refractivity contribution in [1.82, 2.24) is 19.9 Å². The third kappa shape index (κ3) is 14.2. The van der Waals surface area contributed by atoms with Gasteiger partial charge < -0.3 is 5.11 Å². The summed E-state index contributed by atoms with van der Waals surface area (Å²) in [6, 6.07) is 21.6. The van der Waals surface area contributed by atoms with Gasteiger partial charge in [0, 0.05) is 51.5 Å². The molecule has 0 aliphatic carbocycles. The first kappa shape index (κ1) is 62.7. The van der Waals surface area contributed by atoms with E-state index in [-0.39, 0.29) is 64.4 Å². The molecule has 0 saturated heterocycles. The van der Waals surface area contributed by atoms with Crippen LogP contribution in [0.3, 0.4) is 0 Å². The minimum absolute atomic E-state index is 0. The van der Waals surface area contributed by atoms with Gasteiger partial charge in [-0.05, 0) is 79.9 Å². The Morgan fingerprint density at radius 1 is 0.532 bits per heavy atom. The first-order valence-electron chi connectivity index (χ1n) is 23.1. The Labute approximate surface area is 461 Å². The summed E-state index contributed by atoms with van der Waals surface area (Å²) in [7, 11) is -12.5. The molecule has 0 atom stereocenters. The van der Waals surface area contributed by atoms with E-state index in [1.165, 1.54) is 62.6 Å². The summed E-state index contributed by atoms with van der Waals surface area (Å²) in [5, 5.41) is 8.03. The summed E-state index contributed by atoms with van der Waals surface area (Å²) >= 11 is 11.8. The van der Waals surface area contributed by atoms with E-state index in [1.807, 2.05) is 4.72 Å². The molecule has 418 valence electrons. The lowest BCUT2D eigenvalue weighted by molar-refractivity contribution is 0.102. The van der Waals surface area contributed by atoms with Gasteiger partial charge in [0.2, 0.25) is 30.1 Å². The van der Waals surface area contributed by atoms with E-state index in [4.69, 9.17) is 28.3 Å². The molecule has 0 saturated carbocycles. The number of nitrogens with one attached hydrogen (secondary N) is 1. The van der Waals surface area contributed by atoms with E-state index >= 15 is 8.78 Å². The highest BCUT2D eigenvalue weighted by atomic mass is 35.5. The van der Waals surface area contributed by atoms with Crippen LogP contribution in [0.5, 0.6) is 0 Å². The number of aliphatic hydroxyl groups is 1. The van der Waals surface area contributed by atoms with E-state index in [1.54, 1.807) is 55.5 Å². The molecule has 15 nitrogen and oxygen atoms in total. The normalized spacial score (nSPS) is 11.5. The maximum absolute atomic E-state index is 15.8. The fourth-order valence-corrected chi connectivity index (χ4v) is 13.0. The second-order valence-corrected chi connectivity index (χ2v) is 23.4. The van der Waals surface area contributed by atoms with E-state index in [0.717, 1.165) is 7.11 Å². The summed E-state index contributed by atoms with van der Waals surface area (Å²) in [5.41, 5.74) is -1.97. The second-order valence-electron chi connectivity index (χ2n) is 16.6. The molecule has 0 aliphatic heterocycles. The van der Waals surface area contributed by atoms with Crippen LogP contribution in [-0.2, 0) is 30.1 Å². The number of benzene rings is 6. The van der Waals surface area contributed by atoms with Gasteiger partial charge in [0.1, 0.15) is 5.69 Å². The summed E-state index contributed by atoms with van der Waals surface area (Å²) in [6.45, 7) is 4.47. The molecule has 0 bridgehead atoms. The van der Waals surface area contributed by atoms with Crippen LogP contribution in [0, 0.1) is 34.9 Å². The number of aromatic nitrogens is 4. The van der Waals surface area contributed by atoms with Crippen LogP contribution in [0.4, 0.5) is 37.7 Å². The Bertz CT molecular complexity index is 3910. The number of nitrogens with zero attached hydrogens (tertiary/aromatic N) is 5. The number of ketones is 2. The van der Waals surface area contributed by atoms with Gasteiger partial charge in [-0.15, -0.1) is 0 Å². The molecule has 2 N–H and O–H groups in total. The molecule has 2 aromatic heterocycles. The van der Waals surface area contributed by atoms with E-state index in [9.17, 15) is 52.4 Å². The van der Waals surface area contributed by atoms with E-state index < -0.39 is 111 Å². The van der Waals surface area contributed by atoms with Crippen LogP contribution in [0.25, 0.3) is 44.6 Å². The highest BCUT2D eigenvalue weighted by molar-refractivity contribution is 8.10. The van der Waals surface area contributed by atoms with Gasteiger partial charge in [0.05, 0.1) is 79.9 Å². The third-order valence-electron chi connectivity index (χ3n) is 11.0. The average Bonchev–Trinajstić information content (AvgIpc) is 3.49. The highest BCUT2D eigenvalue weighted by Crippen LogP contribution is 2.35. The van der Waals surface area contributed by atoms with Crippen molar-refractivity contribution in [1.29, 1.82) is 0 Å². The summed E-state index contributed by atoms with van der Waals surface area (Å²) in [4.78, 5) is 43.9. The number of carbonyl (C=O) groups is 2. The molecule has 0 radical (unpaired) electrons. The van der Waals surface area contributed by atoms with Crippen molar-refractivity contribution in [3.05, 3.63) is 177 Å². The van der Waals surface area contributed by atoms with Crippen LogP contribution >= 0.6 is 23.2 Å². The van der Waals surface area contributed by atoms with Crippen LogP contribution in [-0.4, -0.2) is 86.2 Å². The van der Waals surface area contributed by atoms with Gasteiger partial charge in [0.25, 0.3) is 0 Å². The maximum atomic E-state index is 15.8. The zero-order chi connectivity index (χ0) is 57.4. The van der Waals surface area contributed by atoms with Crippen molar-refractivity contribution in [3.63, 3.8) is 0 Å². The number of hydrogen-bond acceptors (Lipinski definition) is 13. The van der Waals surface area contributed by atoms with Crippen molar-refractivity contribution in [3.8, 4) is 22.5 Å². The molecule has 26 heteroatoms. The number of hydrogen-bond donors (Lipinski definition) is 2. The quantitative estimate of drug-likeness (QED) is 0.0492. The summed E-state index contributed by atoms with van der Waals surface area (Å²) < 4.78 is 167. The SMILES string of the molecule is C.CCCS(=O)(=O)N(c1cc(F)c(F)c(C(=O)c2ccc3ncc(-c4ccc(Cl)cc4)nc3c2)c1F)S(=O)(=O)CCC.CCCS(=O)(=O)Nc1cc(F)c(F)c(C(=O)c2ccc3ncc(-c4ccc(Cl)cc4)nc3c2)c1F.CO. The topological polar surface area (TPSA) is 224 Å². The molecule has 8 rings (SSSR count). The Morgan fingerprint density at radius 2 is 0.924 bits per heavy atom. The van der Waals surface area contributed by atoms with Crippen molar-refractivity contribution in [2.75, 3.05) is 32.8 Å². The fourth-order valence-electron chi connectivity index (χ4n) is 7.56. The predicted molar refractivity (Wildman–Crippen MR) is 293 cm³/mol. The fraction of sp³-hybridized carbons (Fsp3) is 0.208. The Hall–Kier alpha value is -7.09. The molecule has 2 heterocycles. The Morgan fingerprint density at radius 3 is 1.33 bits per heavy atom. The van der Waals surface area contributed by atoms with Gasteiger partial charge >= 0.3 is 0 Å². The monoisotopic (exact) mass is 1190 g/mol. The van der Waals surface area contributed by atoms with Crippen LogP contribution < -0.4 is 8.43 Å². The van der Waals surface area contributed by atoms with Crippen molar-refractivity contribution in [2.24, 2.45) is 0 Å². The van der Waals surface area contributed by atoms with E-state index in [2.05, 4.69) is 19.9 Å². The van der Waals surface area contributed by atoms with Crippen molar-refractivity contribution >= 4 is 98.3 Å². The summed E-state index contributed by atoms with van der Waals surface area (Å²) in [6.07, 6.45) is 3.12. The lowest BCUT2D eigenvalue weighted by atomic mass is 10.0. The van der Waals surface area contributed by atoms with E-state index in [0.29, 0.717) is 49.7 Å². The number of halogens is 8. The van der Waals surface area contributed by atoms with Gasteiger partial charge in [-0.25, -0.2) is 61.6 Å². The molecule has 8 aromatic rings. The minimum Gasteiger partial charge on any atom is -0.400 e. The molecule has 6 aromatic carbocycles. The Kier molecular flexibility index (Phi) is 20.8. The first-order chi connectivity index (χ1) is 36.9. The highest BCUT2D eigenvalue weighted by Gasteiger charge is 2.39. The van der Waals surface area contributed by atoms with Gasteiger partial charge in [-0.2, -0.15) is 3.71 Å². The minimum atomic E-state index is -4.75. The molecular formula is C53H48Cl2F6N6O9S3. The predicted octanol–water partition coefficient (Wildman–Crippen LogP) is 11.9. The van der Waals surface area contributed by atoms with Crippen LogP contribution in [0.2, 0.25) is 10.0 Å². The van der Waals surface area contributed by atoms with Crippen molar-refractivity contribution < 1.29 is 66.3 Å². The number of rotatable bonds is 17. The molecule has 0 aliphatic rings. The smallest absolute Gasteiger partial charge is 0.248 e. The van der Waals surface area contributed by atoms with Gasteiger partial charge in [-0.3, -0.25) is 24.3 Å². The third-order valence-corrected chi connectivity index (χ3v) is 17.6. The van der Waals surface area contributed by atoms with Gasteiger partial charge in [0.15, 0.2) is 46.5 Å². The van der Waals surface area contributed by atoms with Crippen LogP contribution in [0.1, 0.15) is 79.3 Å². The Balaban J connectivity index is 0.000000281. The standard InChI is InChI=1S/C27H23ClF3N3O5S2.C24H17ClF3N3O3S.CH4O.CH4/c1-3-11-40(36,37)34(41(38,39)12-4-2)23-14-19(29)25(30)24(26(23)31)27(35)17-7-10-20-21(13-17)33-22(15-32-20)16-5-8-18(28)9-6-16;1-2-9-35(33,34)31-19-11-16(26)22(27)21(23(19)28)24(32)14-5-8-17-18(10-14)30-20(12-29-17)13-3-6-15(25)7-4-13;1-2;/h5-10,13-15H,3-4,11-12H2,1-2H3;3-8,10-12,31H,2,9H2,1H3;2H,1H3;1H4. The number of anilines is 2. The van der Waals surface area contributed by atoms with Gasteiger partial charge in [-0.1, -0.05) is 75.7 Å². The molecule has 0 unspecified atom stereocenters. The zero-order valence-electron chi connectivity index (χ0n) is 41.3. The largest absolute Gasteiger partial charge is 0.400 e. The number of carbonyl (C=O) groups excluding carboxylic acids is 2. The summed E-state index contributed by atoms with van der Waals surface area (Å²) in [5.74, 6) is -14.7. The average molecular weight is 1190 g/mol.